The maximum Gasteiger partial charge on any atom is 0.414 e. The normalized spacial score (nSPS) is 19.6. The number of carboxylic acid groups (broad SMARTS) is 2. The summed E-state index contributed by atoms with van der Waals surface area (Å²) in [4.78, 5) is 18.2. The van der Waals surface area contributed by atoms with Crippen LogP contribution in [-0.4, -0.2) is 63.6 Å². The summed E-state index contributed by atoms with van der Waals surface area (Å²) < 4.78 is 5.81. The van der Waals surface area contributed by atoms with Crippen LogP contribution in [0.2, 0.25) is 5.02 Å². The lowest BCUT2D eigenvalue weighted by atomic mass is 9.79. The van der Waals surface area contributed by atoms with Crippen LogP contribution in [0.4, 0.5) is 0 Å². The van der Waals surface area contributed by atoms with Gasteiger partial charge in [0.05, 0.1) is 18.8 Å². The molecular formula is C22H35ClN2O6. The molecule has 0 amide bonds. The van der Waals surface area contributed by atoms with E-state index in [0.29, 0.717) is 24.2 Å². The number of carboxylic acids is 2. The van der Waals surface area contributed by atoms with Crippen molar-refractivity contribution in [2.75, 3.05) is 13.2 Å². The highest BCUT2D eigenvalue weighted by Gasteiger charge is 2.37. The van der Waals surface area contributed by atoms with Crippen molar-refractivity contribution >= 4 is 23.5 Å². The van der Waals surface area contributed by atoms with E-state index in [0.717, 1.165) is 18.4 Å². The van der Waals surface area contributed by atoms with Crippen LogP contribution in [0.3, 0.4) is 0 Å². The fraction of sp³-hybridized carbons (Fsp3) is 0.636. The SMILES string of the molecule is CC(OCC(O)CNC1CC(C)(C)NC(C)(C)C1)c1ccc(Cl)cc1.O=C(O)C(=O)O. The van der Waals surface area contributed by atoms with Gasteiger partial charge in [0.25, 0.3) is 0 Å². The third-order valence-electron chi connectivity index (χ3n) is 4.89. The molecule has 0 bridgehead atoms. The number of aliphatic hydroxyl groups is 1. The molecule has 0 saturated carbocycles. The number of benzene rings is 1. The average molecular weight is 459 g/mol. The van der Waals surface area contributed by atoms with Crippen LogP contribution in [0, 0.1) is 0 Å². The maximum atomic E-state index is 10.3. The largest absolute Gasteiger partial charge is 0.473 e. The number of hydrogen-bond acceptors (Lipinski definition) is 6. The molecule has 9 heteroatoms. The number of nitrogens with one attached hydrogen (secondary N) is 2. The molecule has 1 fully saturated rings. The minimum absolute atomic E-state index is 0.0661. The second-order valence-electron chi connectivity index (χ2n) is 9.20. The monoisotopic (exact) mass is 458 g/mol. The van der Waals surface area contributed by atoms with Crippen molar-refractivity contribution in [3.05, 3.63) is 34.9 Å². The van der Waals surface area contributed by atoms with Gasteiger partial charge < -0.3 is 30.7 Å². The van der Waals surface area contributed by atoms with Gasteiger partial charge in [0.15, 0.2) is 0 Å². The Hall–Kier alpha value is -1.71. The van der Waals surface area contributed by atoms with E-state index in [-0.39, 0.29) is 17.2 Å². The number of halogens is 1. The molecule has 5 N–H and O–H groups in total. The number of piperidine rings is 1. The van der Waals surface area contributed by atoms with Gasteiger partial charge in [0, 0.05) is 28.7 Å². The molecule has 1 aromatic rings. The molecule has 1 heterocycles. The number of ether oxygens (including phenoxy) is 1. The molecule has 2 unspecified atom stereocenters. The first-order valence-corrected chi connectivity index (χ1v) is 10.6. The Morgan fingerprint density at radius 1 is 1.13 bits per heavy atom. The van der Waals surface area contributed by atoms with Gasteiger partial charge in [0.1, 0.15) is 0 Å². The standard InChI is InChI=1S/C20H33ClN2O2.C2H2O4/c1-14(15-6-8-16(21)9-7-15)25-13-18(24)12-22-17-10-19(2,3)23-20(4,5)11-17;3-1(4)2(5)6/h6-9,14,17-18,22-24H,10-13H2,1-5H3;(H,3,4)(H,5,6). The molecule has 176 valence electrons. The summed E-state index contributed by atoms with van der Waals surface area (Å²) in [5, 5.41) is 32.9. The van der Waals surface area contributed by atoms with E-state index >= 15 is 0 Å². The first kappa shape index (κ1) is 27.3. The summed E-state index contributed by atoms with van der Waals surface area (Å²) in [6.45, 7) is 11.8. The highest BCUT2D eigenvalue weighted by molar-refractivity contribution is 6.30. The molecule has 1 saturated heterocycles. The summed E-state index contributed by atoms with van der Waals surface area (Å²) in [5.74, 6) is -3.65. The molecule has 0 aromatic heterocycles. The summed E-state index contributed by atoms with van der Waals surface area (Å²) >= 11 is 5.91. The van der Waals surface area contributed by atoms with Crippen molar-refractivity contribution in [3.8, 4) is 0 Å². The number of aliphatic carboxylic acids is 2. The lowest BCUT2D eigenvalue weighted by Gasteiger charge is -2.47. The Bertz CT molecular complexity index is 695. The van der Waals surface area contributed by atoms with E-state index in [4.69, 9.17) is 36.1 Å². The zero-order valence-electron chi connectivity index (χ0n) is 18.8. The minimum atomic E-state index is -1.82. The minimum Gasteiger partial charge on any atom is -0.473 e. The van der Waals surface area contributed by atoms with Gasteiger partial charge in [-0.25, -0.2) is 9.59 Å². The quantitative estimate of drug-likeness (QED) is 0.394. The van der Waals surface area contributed by atoms with Crippen molar-refractivity contribution in [1.29, 1.82) is 0 Å². The lowest BCUT2D eigenvalue weighted by molar-refractivity contribution is -0.159. The first-order valence-electron chi connectivity index (χ1n) is 10.2. The fourth-order valence-corrected chi connectivity index (χ4v) is 4.04. The maximum absolute atomic E-state index is 10.3. The Morgan fingerprint density at radius 2 is 1.61 bits per heavy atom. The predicted octanol–water partition coefficient (Wildman–Crippen LogP) is 2.83. The zero-order valence-corrected chi connectivity index (χ0v) is 19.6. The Balaban J connectivity index is 0.000000703. The summed E-state index contributed by atoms with van der Waals surface area (Å²) in [5.41, 5.74) is 1.26. The van der Waals surface area contributed by atoms with E-state index in [2.05, 4.69) is 38.3 Å². The molecule has 8 nitrogen and oxygen atoms in total. The van der Waals surface area contributed by atoms with Gasteiger partial charge in [-0.1, -0.05) is 23.7 Å². The molecule has 0 radical (unpaired) electrons. The second kappa shape index (κ2) is 11.8. The third kappa shape index (κ3) is 10.9. The Kier molecular flexibility index (Phi) is 10.4. The molecule has 31 heavy (non-hydrogen) atoms. The number of carbonyl (C=O) groups is 2. The van der Waals surface area contributed by atoms with Gasteiger partial charge in [0.2, 0.25) is 0 Å². The lowest BCUT2D eigenvalue weighted by Crippen LogP contribution is -2.62. The van der Waals surface area contributed by atoms with E-state index in [1.807, 2.05) is 31.2 Å². The zero-order chi connectivity index (χ0) is 23.8. The Morgan fingerprint density at radius 3 is 2.06 bits per heavy atom. The predicted molar refractivity (Wildman–Crippen MR) is 119 cm³/mol. The molecule has 2 atom stereocenters. The van der Waals surface area contributed by atoms with Crippen molar-refractivity contribution in [2.24, 2.45) is 0 Å². The van der Waals surface area contributed by atoms with Crippen LogP contribution in [0.1, 0.15) is 59.1 Å². The van der Waals surface area contributed by atoms with E-state index in [1.165, 1.54) is 0 Å². The first-order chi connectivity index (χ1) is 14.2. The molecule has 1 aliphatic rings. The smallest absolute Gasteiger partial charge is 0.414 e. The Labute approximate surface area is 188 Å². The van der Waals surface area contributed by atoms with Crippen LogP contribution in [0.15, 0.2) is 24.3 Å². The third-order valence-corrected chi connectivity index (χ3v) is 5.15. The molecule has 0 aliphatic carbocycles. The molecule has 1 aromatic carbocycles. The number of aliphatic hydroxyl groups excluding tert-OH is 1. The average Bonchev–Trinajstić information content (AvgIpc) is 2.63. The van der Waals surface area contributed by atoms with Crippen LogP contribution < -0.4 is 10.6 Å². The molecule has 2 rings (SSSR count). The number of rotatable bonds is 7. The van der Waals surface area contributed by atoms with Gasteiger partial charge in [-0.3, -0.25) is 0 Å². The molecule has 0 spiro atoms. The summed E-state index contributed by atoms with van der Waals surface area (Å²) in [7, 11) is 0. The van der Waals surface area contributed by atoms with E-state index in [1.54, 1.807) is 0 Å². The van der Waals surface area contributed by atoms with Crippen LogP contribution in [-0.2, 0) is 14.3 Å². The summed E-state index contributed by atoms with van der Waals surface area (Å²) in [6.07, 6.45) is 1.51. The second-order valence-corrected chi connectivity index (χ2v) is 9.63. The fourth-order valence-electron chi connectivity index (χ4n) is 3.91. The molecular weight excluding hydrogens is 424 g/mol. The van der Waals surface area contributed by atoms with Crippen LogP contribution >= 0.6 is 11.6 Å². The summed E-state index contributed by atoms with van der Waals surface area (Å²) in [6, 6.07) is 8.02. The van der Waals surface area contributed by atoms with Gasteiger partial charge in [-0.15, -0.1) is 0 Å². The molecule has 1 aliphatic heterocycles. The van der Waals surface area contributed by atoms with E-state index < -0.39 is 18.0 Å². The van der Waals surface area contributed by atoms with Crippen LogP contribution in [0.5, 0.6) is 0 Å². The topological polar surface area (TPSA) is 128 Å². The highest BCUT2D eigenvalue weighted by atomic mass is 35.5. The van der Waals surface area contributed by atoms with Gasteiger partial charge in [-0.05, 0) is 65.2 Å². The van der Waals surface area contributed by atoms with Gasteiger partial charge >= 0.3 is 11.9 Å². The van der Waals surface area contributed by atoms with Crippen molar-refractivity contribution in [2.45, 2.75) is 76.8 Å². The van der Waals surface area contributed by atoms with Crippen LogP contribution in [0.25, 0.3) is 0 Å². The van der Waals surface area contributed by atoms with Crippen molar-refractivity contribution < 1.29 is 29.6 Å². The van der Waals surface area contributed by atoms with E-state index in [9.17, 15) is 5.11 Å². The van der Waals surface area contributed by atoms with Gasteiger partial charge in [-0.2, -0.15) is 0 Å². The highest BCUT2D eigenvalue weighted by Crippen LogP contribution is 2.28. The number of hydrogen-bond donors (Lipinski definition) is 5. The van der Waals surface area contributed by atoms with Crippen molar-refractivity contribution in [1.82, 2.24) is 10.6 Å². The van der Waals surface area contributed by atoms with Crippen molar-refractivity contribution in [3.63, 3.8) is 0 Å².